The van der Waals surface area contributed by atoms with E-state index in [2.05, 4.69) is 16.0 Å². The van der Waals surface area contributed by atoms with Crippen LogP contribution < -0.4 is 39.6 Å². The van der Waals surface area contributed by atoms with Gasteiger partial charge in [0.25, 0.3) is 5.79 Å². The summed E-state index contributed by atoms with van der Waals surface area (Å²) in [7, 11) is 6.34. The molecular formula is C35H41N3O13. The Morgan fingerprint density at radius 1 is 1.08 bits per heavy atom. The van der Waals surface area contributed by atoms with E-state index in [0.717, 1.165) is 11.1 Å². The summed E-state index contributed by atoms with van der Waals surface area (Å²) >= 11 is 0. The van der Waals surface area contributed by atoms with E-state index in [-0.39, 0.29) is 36.3 Å². The van der Waals surface area contributed by atoms with Gasteiger partial charge in [0.15, 0.2) is 23.3 Å². The number of phenols is 1. The molecule has 274 valence electrons. The lowest BCUT2D eigenvalue weighted by atomic mass is 9.71. The number of likely N-dealkylation sites (N-methyl/N-ethyl adjacent to an activating group) is 1. The molecule has 2 fully saturated rings. The summed E-state index contributed by atoms with van der Waals surface area (Å²) in [5, 5.41) is 74.5. The Hall–Kier alpha value is -4.39. The van der Waals surface area contributed by atoms with Crippen LogP contribution in [-0.4, -0.2) is 120 Å². The number of rotatable bonds is 10. The van der Waals surface area contributed by atoms with Crippen LogP contribution in [0.15, 0.2) is 42.5 Å². The number of hydrogen-bond donors (Lipinski definition) is 9. The van der Waals surface area contributed by atoms with Crippen LogP contribution in [0, 0.1) is 0 Å². The van der Waals surface area contributed by atoms with E-state index in [1.807, 2.05) is 13.1 Å². The van der Waals surface area contributed by atoms with Crippen molar-refractivity contribution in [3.8, 4) is 45.6 Å². The molecule has 2 saturated heterocycles. The fourth-order valence-electron chi connectivity index (χ4n) is 7.98. The minimum atomic E-state index is -2.67. The molecule has 51 heavy (non-hydrogen) atoms. The Balaban J connectivity index is 1.38. The van der Waals surface area contributed by atoms with Gasteiger partial charge in [-0.25, -0.2) is 4.79 Å². The lowest BCUT2D eigenvalue weighted by Gasteiger charge is -2.61. The second kappa shape index (κ2) is 12.7. The third kappa shape index (κ3) is 5.01. The van der Waals surface area contributed by atoms with Crippen LogP contribution >= 0.6 is 0 Å². The first-order chi connectivity index (χ1) is 24.4. The molecule has 3 aromatic rings. The molecule has 0 aliphatic carbocycles. The summed E-state index contributed by atoms with van der Waals surface area (Å²) in [6.07, 6.45) is -5.02. The highest BCUT2D eigenvalue weighted by Crippen LogP contribution is 2.60. The molecule has 4 aliphatic rings. The molecule has 2 bridgehead atoms. The van der Waals surface area contributed by atoms with Crippen LogP contribution in [0.2, 0.25) is 0 Å². The van der Waals surface area contributed by atoms with Gasteiger partial charge in [-0.05, 0) is 55.1 Å². The zero-order chi connectivity index (χ0) is 36.5. The molecule has 4 aliphatic heterocycles. The van der Waals surface area contributed by atoms with E-state index in [1.165, 1.54) is 32.4 Å². The van der Waals surface area contributed by atoms with Gasteiger partial charge in [0.05, 0.1) is 32.8 Å². The molecular weight excluding hydrogens is 670 g/mol. The maximum atomic E-state index is 12.8. The molecule has 16 nitrogen and oxygen atoms in total. The molecule has 7 rings (SSSR count). The van der Waals surface area contributed by atoms with Gasteiger partial charge >= 0.3 is 5.97 Å². The minimum absolute atomic E-state index is 0.0336. The van der Waals surface area contributed by atoms with Gasteiger partial charge in [-0.15, -0.1) is 0 Å². The van der Waals surface area contributed by atoms with E-state index in [0.29, 0.717) is 40.5 Å². The number of aromatic hydroxyl groups is 1. The highest BCUT2D eigenvalue weighted by Gasteiger charge is 2.76. The molecule has 0 amide bonds. The smallest absolute Gasteiger partial charge is 0.340 e. The Morgan fingerprint density at radius 3 is 2.51 bits per heavy atom. The molecule has 0 saturated carbocycles. The van der Waals surface area contributed by atoms with Gasteiger partial charge in [0.1, 0.15) is 36.1 Å². The predicted molar refractivity (Wildman–Crippen MR) is 177 cm³/mol. The van der Waals surface area contributed by atoms with Crippen molar-refractivity contribution in [1.29, 1.82) is 0 Å². The molecule has 4 heterocycles. The number of nitrogens with one attached hydrogen (secondary N) is 3. The van der Waals surface area contributed by atoms with Crippen LogP contribution in [0.1, 0.15) is 28.7 Å². The molecule has 9 N–H and O–H groups in total. The van der Waals surface area contributed by atoms with Crippen LogP contribution in [0.4, 0.5) is 0 Å². The summed E-state index contributed by atoms with van der Waals surface area (Å²) in [4.78, 5) is 12.8. The SMILES string of the molecule is CNCc1cc(OC)c(OC)c2c1C1COc3cc(OC4(CO)OC5(C(=O)O)C(NC)CNC(O)(C4O)C5O)cc(-c4cccc(O)c4)c3C1O2. The van der Waals surface area contributed by atoms with E-state index in [4.69, 9.17) is 28.4 Å². The number of carboxylic acid groups (broad SMARTS) is 1. The van der Waals surface area contributed by atoms with Crippen molar-refractivity contribution in [2.24, 2.45) is 0 Å². The summed E-state index contributed by atoms with van der Waals surface area (Å²) in [5.74, 6) is -2.99. The van der Waals surface area contributed by atoms with Crippen LogP contribution in [0.5, 0.6) is 34.5 Å². The molecule has 8 atom stereocenters. The number of fused-ring (bicyclic) bond motifs is 7. The van der Waals surface area contributed by atoms with Crippen molar-refractivity contribution in [3.63, 3.8) is 0 Å². The number of ether oxygens (including phenoxy) is 6. The standard InChI is InChI=1S/C35H41N3O13/c1-36-12-17-9-23(46-3)28(47-4)29-25(17)21-14-48-22-11-19(10-20(26(22)27(21)49-29)16-6-5-7-18(40)8-16)50-33(15-39)30(41)35(45)31(42)34(51-33,32(43)44)24(37-2)13-38-35/h5-11,21,24,27,30-31,36-42,45H,12-15H2,1-4H3,(H,43,44). The van der Waals surface area contributed by atoms with Gasteiger partial charge in [-0.1, -0.05) is 12.1 Å². The van der Waals surface area contributed by atoms with Gasteiger partial charge in [-0.3, -0.25) is 5.32 Å². The van der Waals surface area contributed by atoms with Gasteiger partial charge in [-0.2, -0.15) is 0 Å². The predicted octanol–water partition coefficient (Wildman–Crippen LogP) is -0.0719. The topological polar surface area (TPSA) is 230 Å². The number of carboxylic acids is 1. The third-order valence-electron chi connectivity index (χ3n) is 10.4. The number of phenolic OH excluding ortho intramolecular Hbond substituents is 1. The number of hydrogen-bond acceptors (Lipinski definition) is 15. The Morgan fingerprint density at radius 2 is 1.86 bits per heavy atom. The first-order valence-corrected chi connectivity index (χ1v) is 16.4. The van der Waals surface area contributed by atoms with Crippen LogP contribution in [-0.2, 0) is 16.1 Å². The maximum Gasteiger partial charge on any atom is 0.340 e. The van der Waals surface area contributed by atoms with Crippen molar-refractivity contribution in [2.45, 2.75) is 53.9 Å². The molecule has 0 spiro atoms. The fraction of sp³-hybridized carbons (Fsp3) is 0.457. The van der Waals surface area contributed by atoms with E-state index < -0.39 is 54.0 Å². The third-order valence-corrected chi connectivity index (χ3v) is 10.4. The molecule has 3 aromatic carbocycles. The van der Waals surface area contributed by atoms with E-state index >= 15 is 0 Å². The largest absolute Gasteiger partial charge is 0.508 e. The lowest BCUT2D eigenvalue weighted by Crippen LogP contribution is -2.90. The maximum absolute atomic E-state index is 12.8. The van der Waals surface area contributed by atoms with Crippen molar-refractivity contribution in [2.75, 3.05) is 48.1 Å². The summed E-state index contributed by atoms with van der Waals surface area (Å²) in [6.45, 7) is -0.705. The molecule has 16 heteroatoms. The monoisotopic (exact) mass is 711 g/mol. The van der Waals surface area contributed by atoms with Crippen LogP contribution in [0.25, 0.3) is 11.1 Å². The molecule has 8 unspecified atom stereocenters. The lowest BCUT2D eigenvalue weighted by molar-refractivity contribution is -0.411. The molecule has 0 aromatic heterocycles. The van der Waals surface area contributed by atoms with Gasteiger partial charge in [0, 0.05) is 30.3 Å². The van der Waals surface area contributed by atoms with Crippen molar-refractivity contribution in [1.82, 2.24) is 16.0 Å². The first-order valence-electron chi connectivity index (χ1n) is 16.4. The zero-order valence-electron chi connectivity index (χ0n) is 28.3. The normalized spacial score (nSPS) is 31.7. The average Bonchev–Trinajstić information content (AvgIpc) is 3.52. The zero-order valence-corrected chi connectivity index (χ0v) is 28.3. The number of piperidine rings is 1. The second-order valence-electron chi connectivity index (χ2n) is 13.1. The average molecular weight is 712 g/mol. The number of methoxy groups -OCH3 is 2. The quantitative estimate of drug-likeness (QED) is 0.134. The summed E-state index contributed by atoms with van der Waals surface area (Å²) in [5.41, 5.74) is -1.87. The highest BCUT2D eigenvalue weighted by atomic mass is 16.7. The van der Waals surface area contributed by atoms with Crippen molar-refractivity contribution >= 4 is 5.97 Å². The first kappa shape index (κ1) is 35.0. The fourth-order valence-corrected chi connectivity index (χ4v) is 7.98. The van der Waals surface area contributed by atoms with Gasteiger partial charge < -0.3 is 69.7 Å². The van der Waals surface area contributed by atoms with Gasteiger partial charge in [0.2, 0.25) is 11.4 Å². The number of benzene rings is 3. The van der Waals surface area contributed by atoms with E-state index in [9.17, 15) is 35.4 Å². The van der Waals surface area contributed by atoms with Crippen molar-refractivity contribution in [3.05, 3.63) is 59.2 Å². The number of aliphatic hydroxyl groups is 4. The Kier molecular flexibility index (Phi) is 8.71. The highest BCUT2D eigenvalue weighted by molar-refractivity contribution is 5.81. The number of aliphatic hydroxyl groups excluding tert-OH is 3. The van der Waals surface area contributed by atoms with E-state index in [1.54, 1.807) is 25.3 Å². The number of carbonyl (C=O) groups is 1. The van der Waals surface area contributed by atoms with Crippen LogP contribution in [0.3, 0.4) is 0 Å². The summed E-state index contributed by atoms with van der Waals surface area (Å²) in [6, 6.07) is 10.2. The second-order valence-corrected chi connectivity index (χ2v) is 13.1. The minimum Gasteiger partial charge on any atom is -0.508 e. The molecule has 0 radical (unpaired) electrons. The van der Waals surface area contributed by atoms with Crippen molar-refractivity contribution < 1.29 is 63.9 Å². The Labute approximate surface area is 292 Å². The summed E-state index contributed by atoms with van der Waals surface area (Å²) < 4.78 is 36.7. The number of aliphatic carboxylic acids is 1. The Bertz CT molecular complexity index is 1860.